The summed E-state index contributed by atoms with van der Waals surface area (Å²) < 4.78 is 33.1. The predicted molar refractivity (Wildman–Crippen MR) is 189 cm³/mol. The van der Waals surface area contributed by atoms with Gasteiger partial charge in [0, 0.05) is 60.0 Å². The molecule has 10 nitrogen and oxygen atoms in total. The second-order valence-corrected chi connectivity index (χ2v) is 14.9. The summed E-state index contributed by atoms with van der Waals surface area (Å²) >= 11 is 0. The molecule has 5 aliphatic rings. The number of carbonyl (C=O) groups is 3. The van der Waals surface area contributed by atoms with Gasteiger partial charge in [-0.25, -0.2) is 19.0 Å². The fourth-order valence-corrected chi connectivity index (χ4v) is 9.13. The van der Waals surface area contributed by atoms with E-state index in [-0.39, 0.29) is 24.2 Å². The number of hydrogen-bond donors (Lipinski definition) is 1. The third-order valence-electron chi connectivity index (χ3n) is 11.7. The van der Waals surface area contributed by atoms with Gasteiger partial charge in [0.05, 0.1) is 11.7 Å². The monoisotopic (exact) mass is 710 g/mol. The highest BCUT2D eigenvalue weighted by Crippen LogP contribution is 2.61. The Morgan fingerprint density at radius 2 is 1.88 bits per heavy atom. The second-order valence-electron chi connectivity index (χ2n) is 14.9. The van der Waals surface area contributed by atoms with Gasteiger partial charge in [-0.1, -0.05) is 68.5 Å². The van der Waals surface area contributed by atoms with Crippen LogP contribution in [0.4, 0.5) is 0 Å². The second kappa shape index (κ2) is 14.6. The summed E-state index contributed by atoms with van der Waals surface area (Å²) in [4.78, 5) is 40.5. The van der Waals surface area contributed by atoms with Crippen LogP contribution in [0.2, 0.25) is 0 Å². The minimum Gasteiger partial charge on any atom is -0.456 e. The number of methoxy groups -OCH3 is 1. The van der Waals surface area contributed by atoms with Crippen LogP contribution in [0.1, 0.15) is 56.5 Å². The number of aliphatic hydroxyl groups is 1. The van der Waals surface area contributed by atoms with Crippen LogP contribution < -0.4 is 4.57 Å². The van der Waals surface area contributed by atoms with E-state index >= 15 is 0 Å². The molecule has 12 atom stereocenters. The van der Waals surface area contributed by atoms with E-state index in [0.717, 1.165) is 11.1 Å². The Labute approximate surface area is 304 Å². The topological polar surface area (TPSA) is 121 Å². The molecule has 2 aromatic rings. The maximum Gasteiger partial charge on any atom is 0.338 e. The Bertz CT molecular complexity index is 1820. The summed E-state index contributed by atoms with van der Waals surface area (Å²) in [6.07, 6.45) is 11.7. The molecule has 0 radical (unpaired) electrons. The molecule has 3 aliphatic carbocycles. The van der Waals surface area contributed by atoms with Crippen molar-refractivity contribution < 1.29 is 47.7 Å². The molecule has 1 spiro atoms. The highest BCUT2D eigenvalue weighted by atomic mass is 16.6. The number of allylic oxidation sites excluding steroid dienone is 3. The van der Waals surface area contributed by atoms with Gasteiger partial charge in [0.2, 0.25) is 0 Å². The van der Waals surface area contributed by atoms with Gasteiger partial charge in [-0.05, 0) is 44.4 Å². The Kier molecular flexibility index (Phi) is 10.1. The zero-order valence-corrected chi connectivity index (χ0v) is 30.3. The van der Waals surface area contributed by atoms with Crippen LogP contribution in [0.25, 0.3) is 0 Å². The number of ether oxygens (including phenoxy) is 5. The molecular formula is C42H48NO9+. The zero-order chi connectivity index (χ0) is 36.7. The number of nitrogens with zero attached hydrogens (tertiary/aromatic N) is 1. The smallest absolute Gasteiger partial charge is 0.338 e. The summed E-state index contributed by atoms with van der Waals surface area (Å²) in [6.45, 7) is 8.13. The summed E-state index contributed by atoms with van der Waals surface area (Å²) in [5.74, 6) is -3.21. The molecule has 1 unspecified atom stereocenters. The maximum absolute atomic E-state index is 13.8. The molecule has 7 rings (SSSR count). The van der Waals surface area contributed by atoms with Crippen molar-refractivity contribution in [3.05, 3.63) is 114 Å². The number of carbonyl (C=O) groups excluding carboxylic acids is 3. The van der Waals surface area contributed by atoms with E-state index in [2.05, 4.69) is 12.2 Å². The van der Waals surface area contributed by atoms with E-state index in [1.54, 1.807) is 19.1 Å². The molecule has 1 aromatic heterocycles. The molecule has 274 valence electrons. The number of rotatable bonds is 8. The van der Waals surface area contributed by atoms with Crippen molar-refractivity contribution in [2.45, 2.75) is 89.3 Å². The van der Waals surface area contributed by atoms with Crippen molar-refractivity contribution in [2.75, 3.05) is 7.11 Å². The third-order valence-corrected chi connectivity index (χ3v) is 11.7. The standard InChI is InChI=1S/C42H48NO9/c1-24-20-25(2)42-31(16-17-32-34(42)35(44)26(3)37(38(32)52-42)51-39(45)29-13-7-8-14-29)22-33(48-5)41(47)50-36(24)27(4)49-40(46)30-15-11-12-28(21-30)23-43-18-9-6-10-19-43/h6-13,15-21,24,26-27,31-38,44H,14,22-23H2,1-5H3/q+1/b25-20+/t24-,26-,27-,31?,32-,33+,34+,35-,36+,37-,38-,42+/m1/s1. The Hall–Kier alpha value is -4.38. The van der Waals surface area contributed by atoms with Crippen LogP contribution in [0, 0.1) is 29.6 Å². The molecule has 2 aliphatic heterocycles. The minimum atomic E-state index is -1.00. The lowest BCUT2D eigenvalue weighted by Crippen LogP contribution is -2.57. The van der Waals surface area contributed by atoms with Crippen LogP contribution in [0.5, 0.6) is 0 Å². The van der Waals surface area contributed by atoms with Crippen molar-refractivity contribution in [1.82, 2.24) is 0 Å². The van der Waals surface area contributed by atoms with E-state index in [0.29, 0.717) is 24.1 Å². The van der Waals surface area contributed by atoms with Gasteiger partial charge in [0.15, 0.2) is 25.0 Å². The van der Waals surface area contributed by atoms with E-state index < -0.39 is 72.0 Å². The predicted octanol–water partition coefficient (Wildman–Crippen LogP) is 4.85. The fraction of sp³-hybridized carbons (Fsp3) is 0.476. The van der Waals surface area contributed by atoms with Crippen molar-refractivity contribution in [2.24, 2.45) is 29.6 Å². The molecule has 2 fully saturated rings. The number of hydrogen-bond acceptors (Lipinski definition) is 9. The molecule has 1 saturated carbocycles. The van der Waals surface area contributed by atoms with E-state index in [9.17, 15) is 19.5 Å². The Morgan fingerprint density at radius 1 is 1.10 bits per heavy atom. The lowest BCUT2D eigenvalue weighted by molar-refractivity contribution is -0.688. The molecule has 10 heteroatoms. The number of esters is 3. The van der Waals surface area contributed by atoms with Gasteiger partial charge >= 0.3 is 17.9 Å². The quantitative estimate of drug-likeness (QED) is 0.178. The molecular weight excluding hydrogens is 662 g/mol. The molecule has 3 heterocycles. The first-order chi connectivity index (χ1) is 25.0. The Balaban J connectivity index is 1.16. The van der Waals surface area contributed by atoms with Gasteiger partial charge in [0.25, 0.3) is 0 Å². The average Bonchev–Trinajstić information content (AvgIpc) is 3.74. The van der Waals surface area contributed by atoms with E-state index in [4.69, 9.17) is 23.7 Å². The summed E-state index contributed by atoms with van der Waals surface area (Å²) in [7, 11) is 1.47. The Morgan fingerprint density at radius 3 is 2.62 bits per heavy atom. The van der Waals surface area contributed by atoms with Gasteiger partial charge in [-0.2, -0.15) is 0 Å². The third kappa shape index (κ3) is 6.46. The highest BCUT2D eigenvalue weighted by Gasteiger charge is 2.69. The van der Waals surface area contributed by atoms with Crippen molar-refractivity contribution >= 4 is 17.9 Å². The molecule has 0 amide bonds. The molecule has 52 heavy (non-hydrogen) atoms. The molecule has 1 N–H and O–H groups in total. The lowest BCUT2D eigenvalue weighted by atomic mass is 9.57. The SMILES string of the molecule is CO[C@H]1CC2C=C[C@H]3[C@H]4O[C@]2(/C(C)=C/[C@@H](C)[C@@H]([C@@H](C)OC(=O)c2cccc(C[n+]5ccccc5)c2)OC1=O)[C@@H]3[C@H](O)[C@@H](C)[C@H]4OC(=O)C1=CC=CC1. The zero-order valence-electron chi connectivity index (χ0n) is 30.3. The molecule has 1 aromatic carbocycles. The highest BCUT2D eigenvalue weighted by molar-refractivity contribution is 5.90. The van der Waals surface area contributed by atoms with Gasteiger partial charge in [-0.3, -0.25) is 0 Å². The first kappa shape index (κ1) is 36.0. The van der Waals surface area contributed by atoms with Crippen molar-refractivity contribution in [3.8, 4) is 0 Å². The normalized spacial score (nSPS) is 36.5. The summed E-state index contributed by atoms with van der Waals surface area (Å²) in [5, 5.41) is 12.0. The largest absolute Gasteiger partial charge is 0.456 e. The first-order valence-corrected chi connectivity index (χ1v) is 18.3. The van der Waals surface area contributed by atoms with Crippen LogP contribution in [-0.2, 0) is 39.8 Å². The lowest BCUT2D eigenvalue weighted by Gasteiger charge is -2.49. The van der Waals surface area contributed by atoms with Crippen LogP contribution in [0.3, 0.4) is 0 Å². The average molecular weight is 711 g/mol. The van der Waals surface area contributed by atoms with Gasteiger partial charge < -0.3 is 28.8 Å². The maximum atomic E-state index is 13.8. The number of benzene rings is 1. The van der Waals surface area contributed by atoms with Crippen molar-refractivity contribution in [3.63, 3.8) is 0 Å². The van der Waals surface area contributed by atoms with Crippen LogP contribution in [-0.4, -0.2) is 72.3 Å². The van der Waals surface area contributed by atoms with Crippen LogP contribution >= 0.6 is 0 Å². The number of cyclic esters (lactones) is 1. The van der Waals surface area contributed by atoms with E-state index in [1.807, 2.05) is 92.4 Å². The first-order valence-electron chi connectivity index (χ1n) is 18.3. The van der Waals surface area contributed by atoms with Gasteiger partial charge in [0.1, 0.15) is 30.0 Å². The number of aliphatic hydroxyl groups excluding tert-OH is 1. The number of pyridine rings is 1. The van der Waals surface area contributed by atoms with E-state index in [1.165, 1.54) is 7.11 Å². The molecule has 4 bridgehead atoms. The van der Waals surface area contributed by atoms with Gasteiger partial charge in [-0.15, -0.1) is 0 Å². The fourth-order valence-electron chi connectivity index (χ4n) is 9.13. The summed E-state index contributed by atoms with van der Waals surface area (Å²) in [5.41, 5.74) is 1.77. The molecule has 1 saturated heterocycles. The number of aromatic nitrogens is 1. The summed E-state index contributed by atoms with van der Waals surface area (Å²) in [6, 6.07) is 13.1. The van der Waals surface area contributed by atoms with Crippen molar-refractivity contribution in [1.29, 1.82) is 0 Å². The van der Waals surface area contributed by atoms with Crippen LogP contribution in [0.15, 0.2) is 102 Å². The minimum absolute atomic E-state index is 0.211.